The van der Waals surface area contributed by atoms with Crippen molar-refractivity contribution in [2.45, 2.75) is 6.10 Å². The number of aliphatic hydroxyl groups is 1. The summed E-state index contributed by atoms with van der Waals surface area (Å²) in [6.07, 6.45) is -0.609. The summed E-state index contributed by atoms with van der Waals surface area (Å²) in [6.45, 7) is 0. The fourth-order valence-corrected chi connectivity index (χ4v) is 3.79. The van der Waals surface area contributed by atoms with E-state index in [0.29, 0.717) is 5.02 Å². The predicted octanol–water partition coefficient (Wildman–Crippen LogP) is 5.24. The normalized spacial score (nSPS) is 12.8. The molecule has 1 N–H and O–H groups in total. The summed E-state index contributed by atoms with van der Waals surface area (Å²) in [5.41, 5.74) is 1.83. The van der Waals surface area contributed by atoms with Gasteiger partial charge in [-0.25, -0.2) is 0 Å². The van der Waals surface area contributed by atoms with E-state index in [4.69, 9.17) is 11.6 Å². The molecule has 0 saturated carbocycles. The van der Waals surface area contributed by atoms with Gasteiger partial charge in [-0.3, -0.25) is 0 Å². The molecule has 0 spiro atoms. The lowest BCUT2D eigenvalue weighted by molar-refractivity contribution is 0.222. The Labute approximate surface area is 134 Å². The summed E-state index contributed by atoms with van der Waals surface area (Å²) in [5.74, 6) is 0. The number of hydrogen-bond donors (Lipinski definition) is 1. The number of hydrogen-bond acceptors (Lipinski definition) is 2. The van der Waals surface area contributed by atoms with Gasteiger partial charge in [0.25, 0.3) is 0 Å². The highest BCUT2D eigenvalue weighted by atomic mass is 127. The Morgan fingerprint density at radius 3 is 2.53 bits per heavy atom. The van der Waals surface area contributed by atoms with Crippen molar-refractivity contribution in [2.24, 2.45) is 0 Å². The van der Waals surface area contributed by atoms with Crippen LogP contribution in [-0.4, -0.2) is 5.11 Å². The molecular formula is C15H10ClIOS. The second-order valence-corrected chi connectivity index (χ2v) is 7.48. The Morgan fingerprint density at radius 2 is 1.84 bits per heavy atom. The molecule has 0 amide bonds. The van der Waals surface area contributed by atoms with Crippen LogP contribution in [0.1, 0.15) is 17.2 Å². The quantitative estimate of drug-likeness (QED) is 0.583. The van der Waals surface area contributed by atoms with Crippen molar-refractivity contribution in [1.82, 2.24) is 0 Å². The molecule has 1 nitrogen and oxygen atoms in total. The topological polar surface area (TPSA) is 20.2 Å². The minimum Gasteiger partial charge on any atom is -0.384 e. The van der Waals surface area contributed by atoms with Gasteiger partial charge in [0, 0.05) is 10.4 Å². The van der Waals surface area contributed by atoms with Gasteiger partial charge < -0.3 is 5.11 Å². The minimum absolute atomic E-state index is 0.609. The molecule has 0 saturated heterocycles. The van der Waals surface area contributed by atoms with E-state index >= 15 is 0 Å². The minimum atomic E-state index is -0.609. The van der Waals surface area contributed by atoms with Crippen LogP contribution < -0.4 is 0 Å². The molecule has 1 heterocycles. The van der Waals surface area contributed by atoms with Gasteiger partial charge in [0.15, 0.2) is 0 Å². The molecule has 3 rings (SSSR count). The maximum atomic E-state index is 10.6. The first kappa shape index (κ1) is 13.4. The first-order valence-electron chi connectivity index (χ1n) is 5.76. The van der Waals surface area contributed by atoms with Crippen molar-refractivity contribution in [1.29, 1.82) is 0 Å². The number of rotatable bonds is 2. The second-order valence-electron chi connectivity index (χ2n) is 4.27. The zero-order valence-electron chi connectivity index (χ0n) is 9.81. The van der Waals surface area contributed by atoms with Crippen LogP contribution in [0, 0.1) is 2.88 Å². The Kier molecular flexibility index (Phi) is 3.80. The van der Waals surface area contributed by atoms with E-state index < -0.39 is 6.10 Å². The highest BCUT2D eigenvalue weighted by Gasteiger charge is 2.15. The average Bonchev–Trinajstić information content (AvgIpc) is 2.86. The number of benzene rings is 2. The van der Waals surface area contributed by atoms with Gasteiger partial charge in [-0.15, -0.1) is 11.3 Å². The second kappa shape index (κ2) is 5.40. The lowest BCUT2D eigenvalue weighted by Gasteiger charge is -2.13. The van der Waals surface area contributed by atoms with Crippen molar-refractivity contribution >= 4 is 56.3 Å². The third-order valence-electron chi connectivity index (χ3n) is 3.10. The molecule has 3 aromatic rings. The monoisotopic (exact) mass is 400 g/mol. The third-order valence-corrected chi connectivity index (χ3v) is 5.24. The lowest BCUT2D eigenvalue weighted by Crippen LogP contribution is -1.99. The molecule has 1 unspecified atom stereocenters. The standard InChI is InChI=1S/C15H10ClIOS/c16-13-6-5-12(10-3-1-2-4-11(10)13)15(18)9-7-14(17)19-8-9/h1-8,15,18H. The zero-order valence-corrected chi connectivity index (χ0v) is 13.5. The van der Waals surface area contributed by atoms with Gasteiger partial charge in [0.2, 0.25) is 0 Å². The molecule has 96 valence electrons. The maximum absolute atomic E-state index is 10.6. The van der Waals surface area contributed by atoms with Crippen molar-refractivity contribution < 1.29 is 5.11 Å². The highest BCUT2D eigenvalue weighted by Crippen LogP contribution is 2.34. The number of halogens is 2. The van der Waals surface area contributed by atoms with Crippen LogP contribution in [0.4, 0.5) is 0 Å². The van der Waals surface area contributed by atoms with Gasteiger partial charge in [-0.2, -0.15) is 0 Å². The Balaban J connectivity index is 2.18. The van der Waals surface area contributed by atoms with Crippen LogP contribution in [0.15, 0.2) is 47.8 Å². The van der Waals surface area contributed by atoms with E-state index in [2.05, 4.69) is 22.6 Å². The number of aliphatic hydroxyl groups excluding tert-OH is 1. The van der Waals surface area contributed by atoms with Crippen molar-refractivity contribution in [3.63, 3.8) is 0 Å². The summed E-state index contributed by atoms with van der Waals surface area (Å²) in [5, 5.41) is 15.2. The van der Waals surface area contributed by atoms with Gasteiger partial charge in [0.05, 0.1) is 2.88 Å². The Hall–Kier alpha value is -0.620. The van der Waals surface area contributed by atoms with E-state index in [1.807, 2.05) is 47.8 Å². The van der Waals surface area contributed by atoms with E-state index in [1.54, 1.807) is 11.3 Å². The first-order chi connectivity index (χ1) is 9.16. The summed E-state index contributed by atoms with van der Waals surface area (Å²) in [7, 11) is 0. The molecule has 0 aliphatic rings. The molecule has 0 aliphatic carbocycles. The predicted molar refractivity (Wildman–Crippen MR) is 90.1 cm³/mol. The number of thiophene rings is 1. The van der Waals surface area contributed by atoms with Gasteiger partial charge in [0.1, 0.15) is 6.10 Å². The van der Waals surface area contributed by atoms with Crippen LogP contribution >= 0.6 is 45.5 Å². The molecule has 0 bridgehead atoms. The Bertz CT molecular complexity index is 738. The molecule has 19 heavy (non-hydrogen) atoms. The van der Waals surface area contributed by atoms with Crippen LogP contribution in [0.5, 0.6) is 0 Å². The summed E-state index contributed by atoms with van der Waals surface area (Å²) in [6, 6.07) is 13.7. The smallest absolute Gasteiger partial charge is 0.105 e. The average molecular weight is 401 g/mol. The molecule has 0 radical (unpaired) electrons. The molecule has 0 fully saturated rings. The molecule has 0 aliphatic heterocycles. The summed E-state index contributed by atoms with van der Waals surface area (Å²) >= 11 is 10.1. The molecule has 1 aromatic heterocycles. The van der Waals surface area contributed by atoms with Crippen molar-refractivity contribution in [3.8, 4) is 0 Å². The fraction of sp³-hybridized carbons (Fsp3) is 0.0667. The lowest BCUT2D eigenvalue weighted by atomic mass is 9.97. The van der Waals surface area contributed by atoms with Crippen LogP contribution in [0.3, 0.4) is 0 Å². The number of fused-ring (bicyclic) bond motifs is 1. The molecule has 1 atom stereocenters. The van der Waals surface area contributed by atoms with Gasteiger partial charge in [-0.1, -0.05) is 41.9 Å². The van der Waals surface area contributed by atoms with Crippen molar-refractivity contribution in [3.05, 3.63) is 66.9 Å². The van der Waals surface area contributed by atoms with E-state index in [1.165, 1.54) is 2.88 Å². The first-order valence-corrected chi connectivity index (χ1v) is 8.09. The van der Waals surface area contributed by atoms with Gasteiger partial charge >= 0.3 is 0 Å². The highest BCUT2D eigenvalue weighted by molar-refractivity contribution is 14.1. The SMILES string of the molecule is OC(c1csc(I)c1)c1ccc(Cl)c2ccccc12. The third kappa shape index (κ3) is 2.52. The fourth-order valence-electron chi connectivity index (χ4n) is 2.17. The molecular weight excluding hydrogens is 391 g/mol. The Morgan fingerprint density at radius 1 is 1.11 bits per heavy atom. The van der Waals surface area contributed by atoms with E-state index in [9.17, 15) is 5.11 Å². The van der Waals surface area contributed by atoms with Crippen LogP contribution in [-0.2, 0) is 0 Å². The zero-order chi connectivity index (χ0) is 13.4. The van der Waals surface area contributed by atoms with Crippen LogP contribution in [0.2, 0.25) is 5.02 Å². The van der Waals surface area contributed by atoms with Crippen LogP contribution in [0.25, 0.3) is 10.8 Å². The van der Waals surface area contributed by atoms with Crippen molar-refractivity contribution in [2.75, 3.05) is 0 Å². The van der Waals surface area contributed by atoms with E-state index in [-0.39, 0.29) is 0 Å². The molecule has 2 aromatic carbocycles. The largest absolute Gasteiger partial charge is 0.384 e. The summed E-state index contributed by atoms with van der Waals surface area (Å²) in [4.78, 5) is 0. The van der Waals surface area contributed by atoms with E-state index in [0.717, 1.165) is 21.9 Å². The van der Waals surface area contributed by atoms with Gasteiger partial charge in [-0.05, 0) is 56.6 Å². The molecule has 4 heteroatoms. The summed E-state index contributed by atoms with van der Waals surface area (Å²) < 4.78 is 1.17. The maximum Gasteiger partial charge on any atom is 0.105 e.